The Morgan fingerprint density at radius 3 is 2.16 bits per heavy atom. The molecule has 6 rings (SSSR count). The number of carbonyl (C=O) groups excluding carboxylic acids is 1. The van der Waals surface area contributed by atoms with Crippen LogP contribution in [0.3, 0.4) is 0 Å². The Bertz CT molecular complexity index is 910. The molecule has 0 unspecified atom stereocenters. The van der Waals surface area contributed by atoms with Gasteiger partial charge in [0.1, 0.15) is 21.7 Å². The number of methoxy groups -OCH3 is 2. The van der Waals surface area contributed by atoms with Crippen LogP contribution >= 0.6 is 11.3 Å². The zero-order valence-electron chi connectivity index (χ0n) is 19.0. The third-order valence-corrected chi connectivity index (χ3v) is 8.73. The molecule has 0 spiro atoms. The van der Waals surface area contributed by atoms with Gasteiger partial charge in [-0.1, -0.05) is 11.3 Å². The highest BCUT2D eigenvalue weighted by Crippen LogP contribution is 2.61. The maximum absolute atomic E-state index is 14.2. The molecule has 0 radical (unpaired) electrons. The van der Waals surface area contributed by atoms with Gasteiger partial charge in [0.15, 0.2) is 5.13 Å². The second kappa shape index (κ2) is 7.93. The fourth-order valence-electron chi connectivity index (χ4n) is 6.63. The molecule has 0 saturated heterocycles. The van der Waals surface area contributed by atoms with E-state index < -0.39 is 0 Å². The van der Waals surface area contributed by atoms with Crippen molar-refractivity contribution in [3.05, 3.63) is 12.1 Å². The number of benzene rings is 1. The summed E-state index contributed by atoms with van der Waals surface area (Å²) < 4.78 is 12.1. The Labute approximate surface area is 188 Å². The van der Waals surface area contributed by atoms with Gasteiger partial charge in [0.25, 0.3) is 0 Å². The summed E-state index contributed by atoms with van der Waals surface area (Å²) in [7, 11) is 7.44. The molecule has 1 aromatic heterocycles. The van der Waals surface area contributed by atoms with Gasteiger partial charge in [-0.3, -0.25) is 9.69 Å². The number of thiazole rings is 1. The van der Waals surface area contributed by atoms with E-state index in [0.717, 1.165) is 64.7 Å². The van der Waals surface area contributed by atoms with Gasteiger partial charge in [-0.15, -0.1) is 0 Å². The first-order valence-electron chi connectivity index (χ1n) is 11.4. The fraction of sp³-hybridized carbons (Fsp3) is 0.667. The molecule has 7 heteroatoms. The average Bonchev–Trinajstić information content (AvgIpc) is 3.17. The first-order chi connectivity index (χ1) is 14.9. The number of likely N-dealkylation sites (N-methyl/N-ethyl adjacent to an activating group) is 1. The van der Waals surface area contributed by atoms with Crippen molar-refractivity contribution < 1.29 is 14.3 Å². The van der Waals surface area contributed by atoms with Crippen LogP contribution in [0.4, 0.5) is 5.13 Å². The molecular weight excluding hydrogens is 410 g/mol. The first-order valence-corrected chi connectivity index (χ1v) is 12.2. The molecule has 0 N–H and O–H groups in total. The first kappa shape index (κ1) is 21.0. The lowest BCUT2D eigenvalue weighted by molar-refractivity contribution is -0.143. The molecule has 4 aliphatic carbocycles. The zero-order chi connectivity index (χ0) is 21.8. The van der Waals surface area contributed by atoms with E-state index in [1.807, 2.05) is 17.0 Å². The molecule has 2 aromatic rings. The lowest BCUT2D eigenvalue weighted by Crippen LogP contribution is -2.55. The summed E-state index contributed by atoms with van der Waals surface area (Å²) in [5, 5.41) is 0.764. The van der Waals surface area contributed by atoms with Crippen molar-refractivity contribution in [1.29, 1.82) is 0 Å². The molecular formula is C24H33N3O3S. The largest absolute Gasteiger partial charge is 0.495 e. The number of rotatable bonds is 7. The van der Waals surface area contributed by atoms with Crippen molar-refractivity contribution in [3.8, 4) is 11.5 Å². The van der Waals surface area contributed by atoms with Gasteiger partial charge in [-0.05, 0) is 82.5 Å². The smallest absolute Gasteiger partial charge is 0.235 e. The van der Waals surface area contributed by atoms with Crippen molar-refractivity contribution in [2.45, 2.75) is 38.5 Å². The molecule has 6 nitrogen and oxygen atoms in total. The maximum Gasteiger partial charge on any atom is 0.235 e. The summed E-state index contributed by atoms with van der Waals surface area (Å²) in [4.78, 5) is 23.2. The molecule has 168 valence electrons. The molecule has 1 heterocycles. The minimum absolute atomic E-state index is 0.187. The summed E-state index contributed by atoms with van der Waals surface area (Å²) in [6.07, 6.45) is 7.19. The number of nitrogens with zero attached hydrogens (tertiary/aromatic N) is 3. The molecule has 4 saturated carbocycles. The quantitative estimate of drug-likeness (QED) is 0.634. The summed E-state index contributed by atoms with van der Waals surface area (Å²) >= 11 is 1.54. The monoisotopic (exact) mass is 443 g/mol. The van der Waals surface area contributed by atoms with Crippen LogP contribution in [0.15, 0.2) is 12.1 Å². The molecule has 4 bridgehead atoms. The number of anilines is 1. The number of amides is 1. The van der Waals surface area contributed by atoms with Gasteiger partial charge in [0.2, 0.25) is 5.91 Å². The lowest BCUT2D eigenvalue weighted by atomic mass is 9.49. The van der Waals surface area contributed by atoms with Crippen LogP contribution < -0.4 is 14.4 Å². The molecule has 31 heavy (non-hydrogen) atoms. The van der Waals surface area contributed by atoms with E-state index in [9.17, 15) is 4.79 Å². The van der Waals surface area contributed by atoms with E-state index in [-0.39, 0.29) is 5.41 Å². The van der Waals surface area contributed by atoms with Gasteiger partial charge >= 0.3 is 0 Å². The number of aromatic nitrogens is 1. The number of ether oxygens (including phenoxy) is 2. The summed E-state index contributed by atoms with van der Waals surface area (Å²) in [5.74, 6) is 4.00. The van der Waals surface area contributed by atoms with Crippen LogP contribution in [0.5, 0.6) is 11.5 Å². The van der Waals surface area contributed by atoms with E-state index in [2.05, 4.69) is 19.0 Å². The van der Waals surface area contributed by atoms with Crippen molar-refractivity contribution in [1.82, 2.24) is 9.88 Å². The van der Waals surface area contributed by atoms with E-state index in [1.165, 1.54) is 19.3 Å². The van der Waals surface area contributed by atoms with Gasteiger partial charge in [-0.2, -0.15) is 0 Å². The van der Waals surface area contributed by atoms with Crippen molar-refractivity contribution in [2.75, 3.05) is 46.3 Å². The Morgan fingerprint density at radius 2 is 1.61 bits per heavy atom. The third kappa shape index (κ3) is 3.59. The van der Waals surface area contributed by atoms with Crippen molar-refractivity contribution >= 4 is 32.6 Å². The normalized spacial score (nSPS) is 29.0. The van der Waals surface area contributed by atoms with E-state index in [1.54, 1.807) is 25.6 Å². The van der Waals surface area contributed by atoms with Crippen LogP contribution in [0, 0.1) is 23.2 Å². The van der Waals surface area contributed by atoms with Crippen LogP contribution in [-0.4, -0.2) is 57.2 Å². The van der Waals surface area contributed by atoms with Gasteiger partial charge in [-0.25, -0.2) is 4.98 Å². The third-order valence-electron chi connectivity index (χ3n) is 7.64. The van der Waals surface area contributed by atoms with Gasteiger partial charge < -0.3 is 14.4 Å². The van der Waals surface area contributed by atoms with Crippen molar-refractivity contribution in [2.24, 2.45) is 23.2 Å². The summed E-state index contributed by atoms with van der Waals surface area (Å²) in [5.41, 5.74) is 0.586. The van der Waals surface area contributed by atoms with Crippen molar-refractivity contribution in [3.63, 3.8) is 0 Å². The summed E-state index contributed by atoms with van der Waals surface area (Å²) in [6.45, 7) is 1.46. The van der Waals surface area contributed by atoms with Gasteiger partial charge in [0, 0.05) is 13.1 Å². The predicted octanol–water partition coefficient (Wildman–Crippen LogP) is 4.42. The Morgan fingerprint density at radius 1 is 1.03 bits per heavy atom. The Balaban J connectivity index is 1.54. The second-order valence-corrected chi connectivity index (χ2v) is 11.1. The highest BCUT2D eigenvalue weighted by molar-refractivity contribution is 7.22. The Hall–Kier alpha value is -1.86. The molecule has 1 amide bonds. The van der Waals surface area contributed by atoms with E-state index in [0.29, 0.717) is 18.2 Å². The lowest BCUT2D eigenvalue weighted by Gasteiger charge is -2.56. The minimum Gasteiger partial charge on any atom is -0.495 e. The van der Waals surface area contributed by atoms with Crippen LogP contribution in [0.2, 0.25) is 0 Å². The minimum atomic E-state index is -0.187. The molecule has 0 aliphatic heterocycles. The van der Waals surface area contributed by atoms with E-state index in [4.69, 9.17) is 14.5 Å². The highest BCUT2D eigenvalue weighted by Gasteiger charge is 2.56. The van der Waals surface area contributed by atoms with Gasteiger partial charge in [0.05, 0.1) is 19.6 Å². The Kier molecular flexibility index (Phi) is 5.37. The molecule has 1 aromatic carbocycles. The predicted molar refractivity (Wildman–Crippen MR) is 124 cm³/mol. The molecule has 0 atom stereocenters. The highest BCUT2D eigenvalue weighted by atomic mass is 32.1. The maximum atomic E-state index is 14.2. The average molecular weight is 444 g/mol. The number of fused-ring (bicyclic) bond motifs is 1. The summed E-state index contributed by atoms with van der Waals surface area (Å²) in [6, 6.07) is 3.80. The number of carbonyl (C=O) groups is 1. The topological polar surface area (TPSA) is 54.9 Å². The van der Waals surface area contributed by atoms with E-state index >= 15 is 0 Å². The fourth-order valence-corrected chi connectivity index (χ4v) is 7.73. The van der Waals surface area contributed by atoms with Crippen LogP contribution in [0.1, 0.15) is 38.5 Å². The zero-order valence-corrected chi connectivity index (χ0v) is 19.8. The molecule has 4 fully saturated rings. The standard InChI is InChI=1S/C24H33N3O3S/c1-26(2)7-8-27(22(28)24-12-15-9-16(13-24)11-17(10-15)14-24)23-25-20-18(29-3)5-6-19(30-4)21(20)31-23/h5-6,15-17H,7-14H2,1-4H3. The number of hydrogen-bond acceptors (Lipinski definition) is 6. The SMILES string of the molecule is COc1ccc(OC)c2sc(N(CCN(C)C)C(=O)C34CC5CC(CC(C5)C3)C4)nc12. The van der Waals surface area contributed by atoms with Crippen LogP contribution in [0.25, 0.3) is 10.2 Å². The number of hydrogen-bond donors (Lipinski definition) is 0. The van der Waals surface area contributed by atoms with Crippen LogP contribution in [-0.2, 0) is 4.79 Å². The second-order valence-electron chi connectivity index (χ2n) is 10.1. The molecule has 4 aliphatic rings.